The second kappa shape index (κ2) is 6.02. The summed E-state index contributed by atoms with van der Waals surface area (Å²) in [4.78, 5) is 17.0. The molecular formula is C14H21N3O2. The van der Waals surface area contributed by atoms with Gasteiger partial charge >= 0.3 is 5.97 Å². The van der Waals surface area contributed by atoms with Crippen LogP contribution in [0.1, 0.15) is 25.5 Å². The molecule has 0 saturated heterocycles. The minimum absolute atomic E-state index is 0.141. The van der Waals surface area contributed by atoms with Crippen LogP contribution in [-0.4, -0.2) is 46.1 Å². The van der Waals surface area contributed by atoms with Gasteiger partial charge in [-0.1, -0.05) is 6.92 Å². The van der Waals surface area contributed by atoms with E-state index in [1.807, 2.05) is 30.9 Å². The molecule has 1 saturated carbocycles. The van der Waals surface area contributed by atoms with E-state index < -0.39 is 5.97 Å². The molecule has 5 heteroatoms. The van der Waals surface area contributed by atoms with Crippen molar-refractivity contribution >= 4 is 11.7 Å². The van der Waals surface area contributed by atoms with E-state index in [0.29, 0.717) is 12.1 Å². The highest BCUT2D eigenvalue weighted by molar-refractivity contribution is 5.69. The van der Waals surface area contributed by atoms with Crippen LogP contribution in [0.5, 0.6) is 0 Å². The smallest absolute Gasteiger partial charge is 0.317 e. The van der Waals surface area contributed by atoms with Gasteiger partial charge in [0.25, 0.3) is 0 Å². The van der Waals surface area contributed by atoms with Gasteiger partial charge in [0, 0.05) is 29.7 Å². The number of aryl methyl sites for hydroxylation is 1. The molecule has 0 spiro atoms. The van der Waals surface area contributed by atoms with Crippen molar-refractivity contribution in [2.45, 2.75) is 38.8 Å². The Morgan fingerprint density at radius 1 is 1.58 bits per heavy atom. The average Bonchev–Trinajstić information content (AvgIpc) is 2.30. The van der Waals surface area contributed by atoms with Crippen LogP contribution in [0.2, 0.25) is 0 Å². The molecule has 2 N–H and O–H groups in total. The third kappa shape index (κ3) is 3.67. The number of carboxylic acid groups (broad SMARTS) is 1. The van der Waals surface area contributed by atoms with Crippen LogP contribution in [0.25, 0.3) is 0 Å². The summed E-state index contributed by atoms with van der Waals surface area (Å²) in [6.07, 6.45) is 3.81. The monoisotopic (exact) mass is 263 g/mol. The topological polar surface area (TPSA) is 65.5 Å². The SMILES string of the molecule is CCN(CC(=O)O)C1CC(Nc2ccnc(C)c2)C1. The molecule has 0 bridgehead atoms. The first-order valence-electron chi connectivity index (χ1n) is 6.73. The highest BCUT2D eigenvalue weighted by Crippen LogP contribution is 2.28. The van der Waals surface area contributed by atoms with Gasteiger partial charge in [-0.3, -0.25) is 14.7 Å². The number of rotatable bonds is 6. The standard InChI is InChI=1S/C14H21N3O2/c1-3-17(9-14(18)19)13-7-12(8-13)16-11-4-5-15-10(2)6-11/h4-6,12-13H,3,7-9H2,1-2H3,(H,15,16)(H,18,19). The summed E-state index contributed by atoms with van der Waals surface area (Å²) >= 11 is 0. The van der Waals surface area contributed by atoms with E-state index in [0.717, 1.165) is 30.8 Å². The molecule has 1 aliphatic carbocycles. The maximum Gasteiger partial charge on any atom is 0.317 e. The zero-order valence-corrected chi connectivity index (χ0v) is 11.5. The molecule has 1 aromatic heterocycles. The third-order valence-electron chi connectivity index (χ3n) is 3.64. The Morgan fingerprint density at radius 2 is 2.32 bits per heavy atom. The third-order valence-corrected chi connectivity index (χ3v) is 3.64. The van der Waals surface area contributed by atoms with Crippen molar-refractivity contribution in [3.63, 3.8) is 0 Å². The first kappa shape index (κ1) is 13.8. The summed E-state index contributed by atoms with van der Waals surface area (Å²) < 4.78 is 0. The molecule has 5 nitrogen and oxygen atoms in total. The fourth-order valence-electron chi connectivity index (χ4n) is 2.55. The Balaban J connectivity index is 1.81. The normalized spacial score (nSPS) is 22.1. The first-order chi connectivity index (χ1) is 9.08. The number of hydrogen-bond donors (Lipinski definition) is 2. The highest BCUT2D eigenvalue weighted by atomic mass is 16.4. The summed E-state index contributed by atoms with van der Waals surface area (Å²) in [5.74, 6) is -0.747. The number of aliphatic carboxylic acids is 1. The van der Waals surface area contributed by atoms with Crippen molar-refractivity contribution in [3.05, 3.63) is 24.0 Å². The van der Waals surface area contributed by atoms with Crippen LogP contribution >= 0.6 is 0 Å². The Kier molecular flexibility index (Phi) is 4.37. The maximum absolute atomic E-state index is 10.8. The summed E-state index contributed by atoms with van der Waals surface area (Å²) in [7, 11) is 0. The number of anilines is 1. The number of pyridine rings is 1. The predicted octanol–water partition coefficient (Wildman–Crippen LogP) is 1.74. The number of carbonyl (C=O) groups is 1. The number of hydrogen-bond acceptors (Lipinski definition) is 4. The molecule has 0 atom stereocenters. The van der Waals surface area contributed by atoms with Crippen molar-refractivity contribution in [1.82, 2.24) is 9.88 Å². The molecular weight excluding hydrogens is 242 g/mol. The molecule has 1 aliphatic rings. The van der Waals surface area contributed by atoms with E-state index in [1.54, 1.807) is 6.20 Å². The maximum atomic E-state index is 10.8. The number of aromatic nitrogens is 1. The predicted molar refractivity (Wildman–Crippen MR) is 74.3 cm³/mol. The van der Waals surface area contributed by atoms with Gasteiger partial charge in [0.1, 0.15) is 0 Å². The highest BCUT2D eigenvalue weighted by Gasteiger charge is 2.33. The zero-order valence-electron chi connectivity index (χ0n) is 11.5. The van der Waals surface area contributed by atoms with Crippen molar-refractivity contribution in [1.29, 1.82) is 0 Å². The fraction of sp³-hybridized carbons (Fsp3) is 0.571. The summed E-state index contributed by atoms with van der Waals surface area (Å²) in [6, 6.07) is 4.83. The molecule has 1 heterocycles. The molecule has 0 amide bonds. The van der Waals surface area contributed by atoms with Crippen molar-refractivity contribution < 1.29 is 9.90 Å². The molecule has 19 heavy (non-hydrogen) atoms. The quantitative estimate of drug-likeness (QED) is 0.818. The van der Waals surface area contributed by atoms with Gasteiger partial charge in [0.15, 0.2) is 0 Å². The van der Waals surface area contributed by atoms with Crippen molar-refractivity contribution in [2.24, 2.45) is 0 Å². The zero-order chi connectivity index (χ0) is 13.8. The molecule has 0 radical (unpaired) electrons. The Labute approximate surface area is 113 Å². The minimum Gasteiger partial charge on any atom is -0.480 e. The van der Waals surface area contributed by atoms with Gasteiger partial charge in [0.05, 0.1) is 6.54 Å². The van der Waals surface area contributed by atoms with E-state index in [2.05, 4.69) is 10.3 Å². The molecule has 1 fully saturated rings. The van der Waals surface area contributed by atoms with Crippen LogP contribution in [0.15, 0.2) is 18.3 Å². The minimum atomic E-state index is -0.747. The largest absolute Gasteiger partial charge is 0.480 e. The Bertz CT molecular complexity index is 444. The van der Waals surface area contributed by atoms with E-state index in [9.17, 15) is 4.79 Å². The van der Waals surface area contributed by atoms with E-state index in [1.165, 1.54) is 0 Å². The van der Waals surface area contributed by atoms with Gasteiger partial charge in [-0.2, -0.15) is 0 Å². The van der Waals surface area contributed by atoms with E-state index in [-0.39, 0.29) is 6.54 Å². The second-order valence-electron chi connectivity index (χ2n) is 5.11. The lowest BCUT2D eigenvalue weighted by molar-refractivity contribution is -0.139. The van der Waals surface area contributed by atoms with Gasteiger partial charge < -0.3 is 10.4 Å². The summed E-state index contributed by atoms with van der Waals surface area (Å²) in [6.45, 7) is 4.91. The lowest BCUT2D eigenvalue weighted by Crippen LogP contribution is -2.51. The van der Waals surface area contributed by atoms with Gasteiger partial charge in [0.2, 0.25) is 0 Å². The van der Waals surface area contributed by atoms with Crippen LogP contribution in [0.4, 0.5) is 5.69 Å². The molecule has 1 aromatic rings. The van der Waals surface area contributed by atoms with Crippen molar-refractivity contribution in [2.75, 3.05) is 18.4 Å². The van der Waals surface area contributed by atoms with Gasteiger partial charge in [-0.05, 0) is 38.4 Å². The van der Waals surface area contributed by atoms with Gasteiger partial charge in [-0.25, -0.2) is 0 Å². The molecule has 104 valence electrons. The summed E-state index contributed by atoms with van der Waals surface area (Å²) in [5, 5.41) is 12.3. The van der Waals surface area contributed by atoms with Crippen LogP contribution in [0.3, 0.4) is 0 Å². The lowest BCUT2D eigenvalue weighted by atomic mass is 9.85. The number of carboxylic acids is 1. The number of nitrogens with one attached hydrogen (secondary N) is 1. The number of nitrogens with zero attached hydrogens (tertiary/aromatic N) is 2. The van der Waals surface area contributed by atoms with E-state index in [4.69, 9.17) is 5.11 Å². The number of likely N-dealkylation sites (N-methyl/N-ethyl adjacent to an activating group) is 1. The Hall–Kier alpha value is -1.62. The van der Waals surface area contributed by atoms with E-state index >= 15 is 0 Å². The first-order valence-corrected chi connectivity index (χ1v) is 6.73. The fourth-order valence-corrected chi connectivity index (χ4v) is 2.55. The van der Waals surface area contributed by atoms with Crippen LogP contribution in [-0.2, 0) is 4.79 Å². The molecule has 2 rings (SSSR count). The Morgan fingerprint density at radius 3 is 2.89 bits per heavy atom. The lowest BCUT2D eigenvalue weighted by Gasteiger charge is -2.42. The second-order valence-corrected chi connectivity index (χ2v) is 5.11. The van der Waals surface area contributed by atoms with Crippen LogP contribution in [0, 0.1) is 6.92 Å². The average molecular weight is 263 g/mol. The van der Waals surface area contributed by atoms with Crippen LogP contribution < -0.4 is 5.32 Å². The molecule has 0 aromatic carbocycles. The molecule has 0 aliphatic heterocycles. The summed E-state index contributed by atoms with van der Waals surface area (Å²) in [5.41, 5.74) is 2.10. The molecule has 0 unspecified atom stereocenters. The van der Waals surface area contributed by atoms with Gasteiger partial charge in [-0.15, -0.1) is 0 Å². The van der Waals surface area contributed by atoms with Crippen molar-refractivity contribution in [3.8, 4) is 0 Å².